The zero-order valence-corrected chi connectivity index (χ0v) is 9.14. The van der Waals surface area contributed by atoms with Crippen LogP contribution in [0.1, 0.15) is 0 Å². The summed E-state index contributed by atoms with van der Waals surface area (Å²) in [6.45, 7) is 0. The first kappa shape index (κ1) is 11.3. The van der Waals surface area contributed by atoms with Crippen molar-refractivity contribution in [3.05, 3.63) is 36.1 Å². The Kier molecular flexibility index (Phi) is 3.20. The fourth-order valence-corrected chi connectivity index (χ4v) is 1.26. The first-order chi connectivity index (χ1) is 8.19. The van der Waals surface area contributed by atoms with Crippen LogP contribution in [0, 0.1) is 5.82 Å². The largest absolute Gasteiger partial charge is 0.381 e. The number of ether oxygens (including phenoxy) is 1. The van der Waals surface area contributed by atoms with Gasteiger partial charge >= 0.3 is 0 Å². The van der Waals surface area contributed by atoms with Gasteiger partial charge in [-0.2, -0.15) is 4.98 Å². The second kappa shape index (κ2) is 4.79. The van der Waals surface area contributed by atoms with Crippen molar-refractivity contribution in [2.75, 3.05) is 18.2 Å². The van der Waals surface area contributed by atoms with Gasteiger partial charge in [0, 0.05) is 13.3 Å². The summed E-state index contributed by atoms with van der Waals surface area (Å²) in [6, 6.07) is 0. The van der Waals surface area contributed by atoms with E-state index in [2.05, 4.69) is 20.6 Å². The summed E-state index contributed by atoms with van der Waals surface area (Å²) in [5.41, 5.74) is 6.06. The molecule has 1 aromatic heterocycles. The Bertz CT molecular complexity index is 474. The number of hydrogen-bond donors (Lipinski definition) is 3. The smallest absolute Gasteiger partial charge is 0.229 e. The molecule has 0 fully saturated rings. The highest BCUT2D eigenvalue weighted by Gasteiger charge is 2.08. The van der Waals surface area contributed by atoms with Gasteiger partial charge in [-0.1, -0.05) is 0 Å². The molecule has 1 atom stereocenters. The normalized spacial score (nSPS) is 18.5. The molecule has 0 radical (unpaired) electrons. The maximum absolute atomic E-state index is 12.8. The first-order valence-corrected chi connectivity index (χ1v) is 4.91. The Balaban J connectivity index is 2.05. The highest BCUT2D eigenvalue weighted by atomic mass is 19.1. The third kappa shape index (κ3) is 2.70. The van der Waals surface area contributed by atoms with Crippen molar-refractivity contribution in [3.8, 4) is 0 Å². The van der Waals surface area contributed by atoms with Crippen molar-refractivity contribution in [1.82, 2.24) is 15.3 Å². The lowest BCUT2D eigenvalue weighted by Gasteiger charge is -2.17. The van der Waals surface area contributed by atoms with E-state index < -0.39 is 5.82 Å². The fourth-order valence-electron chi connectivity index (χ4n) is 1.26. The van der Waals surface area contributed by atoms with Gasteiger partial charge in [0.05, 0.1) is 11.9 Å². The molecule has 4 N–H and O–H groups in total. The van der Waals surface area contributed by atoms with Gasteiger partial charge in [-0.25, -0.2) is 9.37 Å². The molecule has 1 unspecified atom stereocenters. The second-order valence-electron chi connectivity index (χ2n) is 3.33. The maximum atomic E-state index is 12.8. The van der Waals surface area contributed by atoms with Crippen LogP contribution in [0.5, 0.6) is 0 Å². The molecule has 1 aliphatic rings. The van der Waals surface area contributed by atoms with E-state index in [9.17, 15) is 4.39 Å². The fraction of sp³-hybridized carbons (Fsp3) is 0.200. The number of nitrogens with one attached hydrogen (secondary N) is 2. The molecule has 6 nitrogen and oxygen atoms in total. The molecule has 7 heteroatoms. The number of nitrogens with two attached hydrogens (primary N) is 1. The number of dihydropyridines is 1. The van der Waals surface area contributed by atoms with Crippen molar-refractivity contribution < 1.29 is 9.13 Å². The van der Waals surface area contributed by atoms with E-state index in [1.54, 1.807) is 19.4 Å². The van der Waals surface area contributed by atoms with E-state index >= 15 is 0 Å². The second-order valence-corrected chi connectivity index (χ2v) is 3.33. The van der Waals surface area contributed by atoms with Crippen molar-refractivity contribution in [2.45, 2.75) is 6.23 Å². The number of rotatable bonds is 3. The number of halogens is 1. The molecule has 0 saturated carbocycles. The van der Waals surface area contributed by atoms with E-state index in [1.807, 2.05) is 6.08 Å². The summed E-state index contributed by atoms with van der Waals surface area (Å²) in [6.07, 6.45) is 6.18. The van der Waals surface area contributed by atoms with E-state index in [0.29, 0.717) is 0 Å². The molecule has 2 rings (SSSR count). The third-order valence-electron chi connectivity index (χ3n) is 2.13. The molecule has 1 aliphatic heterocycles. The van der Waals surface area contributed by atoms with E-state index in [0.717, 1.165) is 11.9 Å². The Morgan fingerprint density at radius 2 is 2.41 bits per heavy atom. The molecule has 0 bridgehead atoms. The van der Waals surface area contributed by atoms with Gasteiger partial charge in [-0.15, -0.1) is 0 Å². The summed E-state index contributed by atoms with van der Waals surface area (Å²) >= 11 is 0. The Morgan fingerprint density at radius 1 is 1.59 bits per heavy atom. The number of allylic oxidation sites excluding steroid dienone is 1. The summed E-state index contributed by atoms with van der Waals surface area (Å²) in [5, 5.41) is 5.85. The highest BCUT2D eigenvalue weighted by Crippen LogP contribution is 2.11. The van der Waals surface area contributed by atoms with Gasteiger partial charge in [-0.05, 0) is 12.2 Å². The number of anilines is 2. The summed E-state index contributed by atoms with van der Waals surface area (Å²) in [5.74, 6) is -0.593. The predicted octanol–water partition coefficient (Wildman–Crippen LogP) is 0.583. The minimum atomic E-state index is -0.638. The molecule has 0 aliphatic carbocycles. The Morgan fingerprint density at radius 3 is 3.00 bits per heavy atom. The van der Waals surface area contributed by atoms with Crippen LogP contribution in [0.3, 0.4) is 0 Å². The first-order valence-electron chi connectivity index (χ1n) is 4.91. The summed E-state index contributed by atoms with van der Waals surface area (Å²) in [4.78, 5) is 7.51. The molecule has 2 heterocycles. The maximum Gasteiger partial charge on any atom is 0.229 e. The monoisotopic (exact) mass is 237 g/mol. The molecule has 0 spiro atoms. The van der Waals surface area contributed by atoms with E-state index in [4.69, 9.17) is 10.5 Å². The van der Waals surface area contributed by atoms with E-state index in [1.165, 1.54) is 0 Å². The number of hydrogen-bond acceptors (Lipinski definition) is 6. The lowest BCUT2D eigenvalue weighted by Crippen LogP contribution is -2.27. The molecule has 0 saturated heterocycles. The number of nitrogens with zero attached hydrogens (tertiary/aromatic N) is 2. The van der Waals surface area contributed by atoms with Crippen molar-refractivity contribution in [1.29, 1.82) is 0 Å². The van der Waals surface area contributed by atoms with Crippen LogP contribution in [-0.4, -0.2) is 23.3 Å². The summed E-state index contributed by atoms with van der Waals surface area (Å²) in [7, 11) is 1.60. The average molecular weight is 237 g/mol. The molecule has 0 aromatic carbocycles. The van der Waals surface area contributed by atoms with Gasteiger partial charge in [0.25, 0.3) is 0 Å². The zero-order chi connectivity index (χ0) is 12.3. The van der Waals surface area contributed by atoms with Gasteiger partial charge in [0.15, 0.2) is 11.6 Å². The molecular formula is C10H12FN5O. The third-order valence-corrected chi connectivity index (χ3v) is 2.13. The van der Waals surface area contributed by atoms with Crippen LogP contribution >= 0.6 is 0 Å². The van der Waals surface area contributed by atoms with Crippen LogP contribution in [0.15, 0.2) is 30.2 Å². The van der Waals surface area contributed by atoms with Crippen LogP contribution in [0.25, 0.3) is 0 Å². The van der Waals surface area contributed by atoms with Gasteiger partial charge in [0.2, 0.25) is 5.95 Å². The molecular weight excluding hydrogens is 225 g/mol. The van der Waals surface area contributed by atoms with Gasteiger partial charge < -0.3 is 21.1 Å². The SMILES string of the molecule is COC1C=CC(Nc2ncc(F)c(N)n2)=CN1. The molecule has 17 heavy (non-hydrogen) atoms. The van der Waals surface area contributed by atoms with Crippen molar-refractivity contribution in [3.63, 3.8) is 0 Å². The molecule has 1 aromatic rings. The number of methoxy groups -OCH3 is 1. The Hall–Kier alpha value is -2.15. The van der Waals surface area contributed by atoms with E-state index in [-0.39, 0.29) is 18.0 Å². The lowest BCUT2D eigenvalue weighted by molar-refractivity contribution is 0.123. The minimum Gasteiger partial charge on any atom is -0.381 e. The van der Waals surface area contributed by atoms with Gasteiger partial charge in [-0.3, -0.25) is 0 Å². The zero-order valence-electron chi connectivity index (χ0n) is 9.14. The highest BCUT2D eigenvalue weighted by molar-refractivity contribution is 5.44. The van der Waals surface area contributed by atoms with Crippen LogP contribution in [0.4, 0.5) is 16.2 Å². The summed E-state index contributed by atoms with van der Waals surface area (Å²) < 4.78 is 17.9. The Labute approximate surface area is 97.4 Å². The van der Waals surface area contributed by atoms with Crippen molar-refractivity contribution >= 4 is 11.8 Å². The lowest BCUT2D eigenvalue weighted by atomic mass is 10.3. The molecule has 0 amide bonds. The van der Waals surface area contributed by atoms with Gasteiger partial charge in [0.1, 0.15) is 6.23 Å². The quantitative estimate of drug-likeness (QED) is 0.713. The van der Waals surface area contributed by atoms with Crippen LogP contribution in [0.2, 0.25) is 0 Å². The number of nitrogen functional groups attached to an aromatic ring is 1. The average Bonchev–Trinajstić information content (AvgIpc) is 2.35. The van der Waals surface area contributed by atoms with Crippen molar-refractivity contribution in [2.24, 2.45) is 0 Å². The minimum absolute atomic E-state index is 0.153. The number of aromatic nitrogens is 2. The van der Waals surface area contributed by atoms with Crippen LogP contribution < -0.4 is 16.4 Å². The van der Waals surface area contributed by atoms with Crippen LogP contribution in [-0.2, 0) is 4.74 Å². The predicted molar refractivity (Wildman–Crippen MR) is 61.2 cm³/mol. The molecule has 90 valence electrons. The topological polar surface area (TPSA) is 85.1 Å². The standard InChI is InChI=1S/C10H12FN5O/c1-17-8-3-2-6(4-13-8)15-10-14-5-7(11)9(12)16-10/h2-5,8,13H,1H3,(H3,12,14,15,16).